The van der Waals surface area contributed by atoms with E-state index in [9.17, 15) is 0 Å². The maximum atomic E-state index is 4.34. The number of imidazole rings is 1. The molecule has 2 aromatic rings. The number of hydrogen-bond acceptors (Lipinski definition) is 2. The standard InChI is InChI=1S/C15H18BrN3/c1-11-4-2-7-14(18-11)15-9-17-10-19(15)13-6-3-5-12(16)8-13/h3,5-6,8-11,14,18H,2,4,7H2,1H3. The average molecular weight is 320 g/mol. The molecule has 1 aliphatic rings. The first kappa shape index (κ1) is 12.9. The van der Waals surface area contributed by atoms with E-state index in [0.29, 0.717) is 12.1 Å². The summed E-state index contributed by atoms with van der Waals surface area (Å²) in [6.45, 7) is 2.26. The Hall–Kier alpha value is -1.13. The van der Waals surface area contributed by atoms with E-state index in [1.807, 2.05) is 18.6 Å². The average Bonchev–Trinajstić information content (AvgIpc) is 2.88. The summed E-state index contributed by atoms with van der Waals surface area (Å²) in [7, 11) is 0. The Bertz CT molecular complexity index is 564. The Morgan fingerprint density at radius 1 is 1.37 bits per heavy atom. The highest BCUT2D eigenvalue weighted by Crippen LogP contribution is 2.27. The van der Waals surface area contributed by atoms with Gasteiger partial charge in [0, 0.05) is 22.2 Å². The van der Waals surface area contributed by atoms with Crippen molar-refractivity contribution in [2.75, 3.05) is 0 Å². The highest BCUT2D eigenvalue weighted by atomic mass is 79.9. The van der Waals surface area contributed by atoms with Crippen molar-refractivity contribution in [1.82, 2.24) is 14.9 Å². The first-order valence-electron chi connectivity index (χ1n) is 6.78. The number of aromatic nitrogens is 2. The number of rotatable bonds is 2. The lowest BCUT2D eigenvalue weighted by Crippen LogP contribution is -2.35. The second kappa shape index (κ2) is 5.47. The van der Waals surface area contributed by atoms with Crippen LogP contribution in [0.25, 0.3) is 5.69 Å². The summed E-state index contributed by atoms with van der Waals surface area (Å²) in [6, 6.07) is 9.33. The molecule has 3 nitrogen and oxygen atoms in total. The summed E-state index contributed by atoms with van der Waals surface area (Å²) in [5, 5.41) is 3.67. The third-order valence-electron chi connectivity index (χ3n) is 3.73. The van der Waals surface area contributed by atoms with Crippen molar-refractivity contribution in [3.63, 3.8) is 0 Å². The summed E-state index contributed by atoms with van der Waals surface area (Å²) in [4.78, 5) is 4.34. The summed E-state index contributed by atoms with van der Waals surface area (Å²) >= 11 is 3.53. The van der Waals surface area contributed by atoms with Crippen LogP contribution >= 0.6 is 15.9 Å². The summed E-state index contributed by atoms with van der Waals surface area (Å²) < 4.78 is 3.27. The summed E-state index contributed by atoms with van der Waals surface area (Å²) in [6.07, 6.45) is 7.61. The quantitative estimate of drug-likeness (QED) is 0.911. The molecule has 1 aliphatic heterocycles. The van der Waals surface area contributed by atoms with Crippen LogP contribution in [-0.4, -0.2) is 15.6 Å². The van der Waals surface area contributed by atoms with Crippen LogP contribution in [-0.2, 0) is 0 Å². The van der Waals surface area contributed by atoms with Gasteiger partial charge in [-0.1, -0.05) is 22.0 Å². The number of nitrogens with zero attached hydrogens (tertiary/aromatic N) is 2. The van der Waals surface area contributed by atoms with Gasteiger partial charge in [-0.2, -0.15) is 0 Å². The Morgan fingerprint density at radius 2 is 2.26 bits per heavy atom. The van der Waals surface area contributed by atoms with Crippen molar-refractivity contribution in [2.45, 2.75) is 38.3 Å². The van der Waals surface area contributed by atoms with Crippen molar-refractivity contribution in [3.05, 3.63) is 47.0 Å². The third-order valence-corrected chi connectivity index (χ3v) is 4.22. The molecule has 2 heterocycles. The lowest BCUT2D eigenvalue weighted by atomic mass is 9.97. The molecule has 1 aromatic carbocycles. The predicted molar refractivity (Wildman–Crippen MR) is 80.5 cm³/mol. The lowest BCUT2D eigenvalue weighted by molar-refractivity contribution is 0.334. The molecule has 0 bridgehead atoms. The van der Waals surface area contributed by atoms with E-state index in [1.54, 1.807) is 0 Å². The van der Waals surface area contributed by atoms with Crippen molar-refractivity contribution in [1.29, 1.82) is 0 Å². The number of halogens is 1. The van der Waals surface area contributed by atoms with Crippen LogP contribution in [0, 0.1) is 0 Å². The number of piperidine rings is 1. The second-order valence-electron chi connectivity index (χ2n) is 5.22. The van der Waals surface area contributed by atoms with Crippen LogP contribution in [0.1, 0.15) is 37.9 Å². The molecule has 1 N–H and O–H groups in total. The zero-order valence-corrected chi connectivity index (χ0v) is 12.6. The van der Waals surface area contributed by atoms with E-state index in [4.69, 9.17) is 0 Å². The molecule has 0 spiro atoms. The van der Waals surface area contributed by atoms with Gasteiger partial charge in [0.2, 0.25) is 0 Å². The largest absolute Gasteiger partial charge is 0.306 e. The van der Waals surface area contributed by atoms with E-state index in [-0.39, 0.29) is 0 Å². The SMILES string of the molecule is CC1CCCC(c2cncn2-c2cccc(Br)c2)N1. The Morgan fingerprint density at radius 3 is 3.05 bits per heavy atom. The van der Waals surface area contributed by atoms with E-state index in [0.717, 1.165) is 10.2 Å². The van der Waals surface area contributed by atoms with E-state index in [1.165, 1.54) is 25.0 Å². The molecule has 2 atom stereocenters. The molecule has 1 fully saturated rings. The van der Waals surface area contributed by atoms with Gasteiger partial charge >= 0.3 is 0 Å². The minimum absolute atomic E-state index is 0.408. The molecule has 100 valence electrons. The van der Waals surface area contributed by atoms with Gasteiger partial charge in [-0.05, 0) is 44.4 Å². The second-order valence-corrected chi connectivity index (χ2v) is 6.14. The molecule has 1 saturated heterocycles. The van der Waals surface area contributed by atoms with Gasteiger partial charge in [0.05, 0.1) is 18.2 Å². The molecule has 0 saturated carbocycles. The van der Waals surface area contributed by atoms with Gasteiger partial charge in [-0.25, -0.2) is 4.98 Å². The molecule has 2 unspecified atom stereocenters. The van der Waals surface area contributed by atoms with Crippen LogP contribution in [0.3, 0.4) is 0 Å². The topological polar surface area (TPSA) is 29.9 Å². The molecular weight excluding hydrogens is 302 g/mol. The predicted octanol–water partition coefficient (Wildman–Crippen LogP) is 3.84. The van der Waals surface area contributed by atoms with Crippen LogP contribution in [0.4, 0.5) is 0 Å². The summed E-state index contributed by atoms with van der Waals surface area (Å²) in [5.41, 5.74) is 2.41. The molecular formula is C15H18BrN3. The van der Waals surface area contributed by atoms with Crippen molar-refractivity contribution in [2.24, 2.45) is 0 Å². The normalized spacial score (nSPS) is 23.5. The maximum absolute atomic E-state index is 4.34. The molecule has 19 heavy (non-hydrogen) atoms. The van der Waals surface area contributed by atoms with Crippen molar-refractivity contribution in [3.8, 4) is 5.69 Å². The van der Waals surface area contributed by atoms with Crippen LogP contribution in [0.2, 0.25) is 0 Å². The number of nitrogens with one attached hydrogen (secondary N) is 1. The Kier molecular flexibility index (Phi) is 3.71. The van der Waals surface area contributed by atoms with E-state index in [2.05, 4.69) is 55.9 Å². The molecule has 0 radical (unpaired) electrons. The number of hydrogen-bond donors (Lipinski definition) is 1. The molecule has 1 aromatic heterocycles. The molecule has 4 heteroatoms. The van der Waals surface area contributed by atoms with Gasteiger partial charge in [0.15, 0.2) is 0 Å². The third kappa shape index (κ3) is 2.74. The first-order valence-corrected chi connectivity index (χ1v) is 7.57. The van der Waals surface area contributed by atoms with Gasteiger partial charge in [0.25, 0.3) is 0 Å². The van der Waals surface area contributed by atoms with Crippen LogP contribution < -0.4 is 5.32 Å². The smallest absolute Gasteiger partial charge is 0.0994 e. The minimum Gasteiger partial charge on any atom is -0.306 e. The van der Waals surface area contributed by atoms with E-state index < -0.39 is 0 Å². The van der Waals surface area contributed by atoms with Crippen LogP contribution in [0.5, 0.6) is 0 Å². The molecule has 3 rings (SSSR count). The highest BCUT2D eigenvalue weighted by Gasteiger charge is 2.22. The molecule has 0 aliphatic carbocycles. The van der Waals surface area contributed by atoms with Gasteiger partial charge in [-0.3, -0.25) is 0 Å². The van der Waals surface area contributed by atoms with Gasteiger partial charge in [-0.15, -0.1) is 0 Å². The van der Waals surface area contributed by atoms with Crippen LogP contribution in [0.15, 0.2) is 41.3 Å². The lowest BCUT2D eigenvalue weighted by Gasteiger charge is -2.29. The zero-order valence-electron chi connectivity index (χ0n) is 11.0. The fourth-order valence-electron chi connectivity index (χ4n) is 2.78. The zero-order chi connectivity index (χ0) is 13.2. The minimum atomic E-state index is 0.408. The Labute approximate surface area is 122 Å². The fourth-order valence-corrected chi connectivity index (χ4v) is 3.16. The Balaban J connectivity index is 1.94. The fraction of sp³-hybridized carbons (Fsp3) is 0.400. The first-order chi connectivity index (χ1) is 9.24. The highest BCUT2D eigenvalue weighted by molar-refractivity contribution is 9.10. The van der Waals surface area contributed by atoms with E-state index >= 15 is 0 Å². The monoisotopic (exact) mass is 319 g/mol. The molecule has 0 amide bonds. The van der Waals surface area contributed by atoms with Gasteiger partial charge < -0.3 is 9.88 Å². The van der Waals surface area contributed by atoms with Crippen molar-refractivity contribution >= 4 is 15.9 Å². The van der Waals surface area contributed by atoms with Gasteiger partial charge in [0.1, 0.15) is 0 Å². The summed E-state index contributed by atoms with van der Waals surface area (Å²) in [5.74, 6) is 0. The van der Waals surface area contributed by atoms with Crippen molar-refractivity contribution < 1.29 is 0 Å². The number of benzene rings is 1. The maximum Gasteiger partial charge on any atom is 0.0994 e.